The number of hydrogen-bond acceptors (Lipinski definition) is 5. The van der Waals surface area contributed by atoms with Gasteiger partial charge in [-0.3, -0.25) is 14.5 Å². The molecule has 1 aliphatic rings. The van der Waals surface area contributed by atoms with Crippen LogP contribution in [0.1, 0.15) is 17.5 Å². The van der Waals surface area contributed by atoms with Gasteiger partial charge in [0.2, 0.25) is 0 Å². The van der Waals surface area contributed by atoms with Crippen LogP contribution in [-0.2, 0) is 16.1 Å². The molecule has 1 heterocycles. The van der Waals surface area contributed by atoms with Crippen LogP contribution in [0.3, 0.4) is 0 Å². The number of methoxy groups -OCH3 is 1. The van der Waals surface area contributed by atoms with Gasteiger partial charge in [0.05, 0.1) is 4.91 Å². The Labute approximate surface area is 167 Å². The van der Waals surface area contributed by atoms with Crippen molar-refractivity contribution in [2.45, 2.75) is 13.0 Å². The number of carbonyl (C=O) groups excluding carboxylic acids is 2. The molecule has 1 saturated heterocycles. The van der Waals surface area contributed by atoms with Crippen LogP contribution in [-0.4, -0.2) is 36.3 Å². The third kappa shape index (κ3) is 4.99. The van der Waals surface area contributed by atoms with E-state index in [1.165, 1.54) is 11.0 Å². The highest BCUT2D eigenvalue weighted by Gasteiger charge is 2.34. The molecule has 2 amide bonds. The van der Waals surface area contributed by atoms with Gasteiger partial charge in [-0.2, -0.15) is 0 Å². The van der Waals surface area contributed by atoms with Crippen molar-refractivity contribution >= 4 is 29.0 Å². The molecule has 0 aliphatic carbocycles. The molecule has 1 fully saturated rings. The summed E-state index contributed by atoms with van der Waals surface area (Å²) in [5.41, 5.74) is 1.19. The van der Waals surface area contributed by atoms with Crippen molar-refractivity contribution in [1.82, 2.24) is 4.90 Å². The zero-order chi connectivity index (χ0) is 19.9. The summed E-state index contributed by atoms with van der Waals surface area (Å²) in [6, 6.07) is 13.5. The number of rotatable bonds is 8. The Morgan fingerprint density at radius 1 is 1.14 bits per heavy atom. The molecule has 0 bridgehead atoms. The van der Waals surface area contributed by atoms with E-state index >= 15 is 0 Å². The first kappa shape index (κ1) is 20.1. The van der Waals surface area contributed by atoms with Gasteiger partial charge < -0.3 is 9.47 Å². The van der Waals surface area contributed by atoms with Crippen LogP contribution in [0.5, 0.6) is 5.75 Å². The molecule has 0 saturated carbocycles. The number of imide groups is 1. The summed E-state index contributed by atoms with van der Waals surface area (Å²) >= 11 is 0.920. The maximum atomic E-state index is 13.7. The predicted octanol–water partition coefficient (Wildman–Crippen LogP) is 4.48. The smallest absolute Gasteiger partial charge is 0.293 e. The van der Waals surface area contributed by atoms with E-state index < -0.39 is 0 Å². The van der Waals surface area contributed by atoms with Gasteiger partial charge in [0, 0.05) is 25.8 Å². The van der Waals surface area contributed by atoms with Gasteiger partial charge in [0.1, 0.15) is 18.2 Å². The Kier molecular flexibility index (Phi) is 6.84. The molecule has 2 aromatic carbocycles. The zero-order valence-electron chi connectivity index (χ0n) is 15.4. The number of thioether (sulfide) groups is 1. The van der Waals surface area contributed by atoms with Crippen molar-refractivity contribution in [2.24, 2.45) is 0 Å². The Balaban J connectivity index is 1.67. The highest BCUT2D eigenvalue weighted by Crippen LogP contribution is 2.32. The monoisotopic (exact) mass is 401 g/mol. The van der Waals surface area contributed by atoms with Crippen molar-refractivity contribution in [3.63, 3.8) is 0 Å². The summed E-state index contributed by atoms with van der Waals surface area (Å²) < 4.78 is 24.3. The lowest BCUT2D eigenvalue weighted by Crippen LogP contribution is -2.29. The van der Waals surface area contributed by atoms with Crippen LogP contribution in [0.25, 0.3) is 6.08 Å². The molecule has 1 aliphatic heterocycles. The molecule has 28 heavy (non-hydrogen) atoms. The summed E-state index contributed by atoms with van der Waals surface area (Å²) in [5.74, 6) is -0.0686. The van der Waals surface area contributed by atoms with Crippen LogP contribution in [0.15, 0.2) is 53.4 Å². The van der Waals surface area contributed by atoms with Gasteiger partial charge in [-0.25, -0.2) is 4.39 Å². The second kappa shape index (κ2) is 9.52. The van der Waals surface area contributed by atoms with E-state index in [1.54, 1.807) is 49.6 Å². The summed E-state index contributed by atoms with van der Waals surface area (Å²) in [7, 11) is 1.58. The second-order valence-electron chi connectivity index (χ2n) is 6.13. The molecule has 0 unspecified atom stereocenters. The summed E-state index contributed by atoms with van der Waals surface area (Å²) in [5, 5.41) is -0.278. The molecule has 7 heteroatoms. The zero-order valence-corrected chi connectivity index (χ0v) is 16.2. The molecule has 3 rings (SSSR count). The minimum Gasteiger partial charge on any atom is -0.489 e. The lowest BCUT2D eigenvalue weighted by molar-refractivity contribution is -0.122. The van der Waals surface area contributed by atoms with Gasteiger partial charge in [-0.15, -0.1) is 0 Å². The van der Waals surface area contributed by atoms with Crippen molar-refractivity contribution in [1.29, 1.82) is 0 Å². The molecule has 0 radical (unpaired) electrons. The fourth-order valence-electron chi connectivity index (χ4n) is 2.68. The van der Waals surface area contributed by atoms with E-state index in [1.807, 2.05) is 6.07 Å². The summed E-state index contributed by atoms with van der Waals surface area (Å²) in [4.78, 5) is 26.1. The Morgan fingerprint density at radius 3 is 2.75 bits per heavy atom. The number of halogens is 1. The lowest BCUT2D eigenvalue weighted by Gasteiger charge is -2.11. The highest BCUT2D eigenvalue weighted by molar-refractivity contribution is 8.18. The van der Waals surface area contributed by atoms with Crippen LogP contribution >= 0.6 is 11.8 Å². The van der Waals surface area contributed by atoms with Crippen LogP contribution in [0.4, 0.5) is 9.18 Å². The minimum absolute atomic E-state index is 0.103. The second-order valence-corrected chi connectivity index (χ2v) is 7.13. The Bertz CT molecular complexity index is 899. The van der Waals surface area contributed by atoms with E-state index in [2.05, 4.69) is 0 Å². The quantitative estimate of drug-likeness (QED) is 0.482. The Hall–Kier alpha value is -2.64. The van der Waals surface area contributed by atoms with E-state index in [9.17, 15) is 14.0 Å². The summed E-state index contributed by atoms with van der Waals surface area (Å²) in [6.07, 6.45) is 2.26. The van der Waals surface area contributed by atoms with E-state index in [4.69, 9.17) is 9.47 Å². The first-order valence-electron chi connectivity index (χ1n) is 8.79. The molecular formula is C21H20FNO4S. The van der Waals surface area contributed by atoms with Crippen molar-refractivity contribution in [3.05, 3.63) is 70.4 Å². The van der Waals surface area contributed by atoms with Gasteiger partial charge in [0.15, 0.2) is 0 Å². The maximum absolute atomic E-state index is 13.7. The third-order valence-electron chi connectivity index (χ3n) is 4.11. The average molecular weight is 401 g/mol. The third-order valence-corrected chi connectivity index (χ3v) is 5.02. The number of amides is 2. The number of hydrogen-bond donors (Lipinski definition) is 0. The fourth-order valence-corrected chi connectivity index (χ4v) is 3.55. The first-order chi connectivity index (χ1) is 13.6. The van der Waals surface area contributed by atoms with Crippen molar-refractivity contribution < 1.29 is 23.5 Å². The molecule has 2 aromatic rings. The molecule has 0 atom stereocenters. The molecule has 5 nitrogen and oxygen atoms in total. The maximum Gasteiger partial charge on any atom is 0.293 e. The predicted molar refractivity (Wildman–Crippen MR) is 106 cm³/mol. The van der Waals surface area contributed by atoms with Crippen molar-refractivity contribution in [3.8, 4) is 5.75 Å². The number of carbonyl (C=O) groups is 2. The van der Waals surface area contributed by atoms with Gasteiger partial charge >= 0.3 is 0 Å². The van der Waals surface area contributed by atoms with Gasteiger partial charge in [-0.1, -0.05) is 30.3 Å². The molecule has 146 valence electrons. The number of nitrogens with zero attached hydrogens (tertiary/aromatic N) is 1. The lowest BCUT2D eigenvalue weighted by atomic mass is 10.2. The SMILES string of the molecule is COCCCN1C(=O)S/C(=C/c2cccc(OCc3ccccc3F)c2)C1=O. The minimum atomic E-state index is -0.319. The van der Waals surface area contributed by atoms with E-state index in [0.29, 0.717) is 35.8 Å². The van der Waals surface area contributed by atoms with Crippen LogP contribution in [0.2, 0.25) is 0 Å². The van der Waals surface area contributed by atoms with Gasteiger partial charge in [0.25, 0.3) is 11.1 Å². The van der Waals surface area contributed by atoms with E-state index in [-0.39, 0.29) is 23.6 Å². The average Bonchev–Trinajstić information content (AvgIpc) is 2.95. The summed E-state index contributed by atoms with van der Waals surface area (Å²) in [6.45, 7) is 0.927. The largest absolute Gasteiger partial charge is 0.489 e. The molecule has 0 N–H and O–H groups in total. The normalized spacial score (nSPS) is 15.5. The number of benzene rings is 2. The topological polar surface area (TPSA) is 55.8 Å². The fraction of sp³-hybridized carbons (Fsp3) is 0.238. The molecule has 0 aromatic heterocycles. The van der Waals surface area contributed by atoms with Gasteiger partial charge in [-0.05, 0) is 48.0 Å². The number of ether oxygens (including phenoxy) is 2. The molecular weight excluding hydrogens is 381 g/mol. The highest BCUT2D eigenvalue weighted by atomic mass is 32.2. The van der Waals surface area contributed by atoms with Crippen LogP contribution < -0.4 is 4.74 Å². The molecule has 0 spiro atoms. The van der Waals surface area contributed by atoms with E-state index in [0.717, 1.165) is 17.3 Å². The first-order valence-corrected chi connectivity index (χ1v) is 9.60. The standard InChI is InChI=1S/C21H20FNO4S/c1-26-11-5-10-23-20(24)19(28-21(23)25)13-15-6-4-8-17(12-15)27-14-16-7-2-3-9-18(16)22/h2-4,6-9,12-13H,5,10-11,14H2,1H3/b19-13+. The Morgan fingerprint density at radius 2 is 1.96 bits per heavy atom. The van der Waals surface area contributed by atoms with Crippen LogP contribution in [0, 0.1) is 5.82 Å². The van der Waals surface area contributed by atoms with Crippen molar-refractivity contribution in [2.75, 3.05) is 20.3 Å².